The molecule has 4 N–H and O–H groups in total. The molecule has 46 heavy (non-hydrogen) atoms. The molecule has 5 heterocycles. The summed E-state index contributed by atoms with van der Waals surface area (Å²) in [6.07, 6.45) is 6.39. The first-order chi connectivity index (χ1) is 22.1. The second-order valence-corrected chi connectivity index (χ2v) is 14.3. The van der Waals surface area contributed by atoms with E-state index in [1.807, 2.05) is 26.0 Å². The van der Waals surface area contributed by atoms with Crippen LogP contribution in [0.15, 0.2) is 30.0 Å². The first-order valence-electron chi connectivity index (χ1n) is 16.7. The van der Waals surface area contributed by atoms with Crippen molar-refractivity contribution in [2.45, 2.75) is 88.8 Å². The maximum absolute atomic E-state index is 14.5. The van der Waals surface area contributed by atoms with E-state index in [0.717, 1.165) is 90.7 Å². The van der Waals surface area contributed by atoms with Gasteiger partial charge in [-0.05, 0) is 63.3 Å². The highest BCUT2D eigenvalue weighted by atomic mass is 35.5. The minimum absolute atomic E-state index is 0.0474. The number of nitrogens with zero attached hydrogens (tertiary/aromatic N) is 4. The van der Waals surface area contributed by atoms with Gasteiger partial charge in [-0.25, -0.2) is 4.39 Å². The second kappa shape index (κ2) is 12.5. The predicted molar refractivity (Wildman–Crippen MR) is 173 cm³/mol. The van der Waals surface area contributed by atoms with E-state index in [9.17, 15) is 9.18 Å². The molecular formula is C34H44ClFN7O3+. The first kappa shape index (κ1) is 31.5. The van der Waals surface area contributed by atoms with Crippen LogP contribution in [-0.2, 0) is 34.6 Å². The molecule has 246 valence electrons. The summed E-state index contributed by atoms with van der Waals surface area (Å²) >= 11 is 6.60. The van der Waals surface area contributed by atoms with Gasteiger partial charge < -0.3 is 25.0 Å². The molecule has 0 saturated carbocycles. The molecule has 3 fully saturated rings. The van der Waals surface area contributed by atoms with Crippen molar-refractivity contribution >= 4 is 29.0 Å². The van der Waals surface area contributed by atoms with Gasteiger partial charge in [0.15, 0.2) is 0 Å². The van der Waals surface area contributed by atoms with Gasteiger partial charge in [-0.2, -0.15) is 9.97 Å². The summed E-state index contributed by atoms with van der Waals surface area (Å²) < 4.78 is 27.7. The minimum Gasteiger partial charge on any atom is -0.461 e. The maximum Gasteiger partial charge on any atom is 0.318 e. The Morgan fingerprint density at radius 2 is 2.15 bits per heavy atom. The van der Waals surface area contributed by atoms with Crippen molar-refractivity contribution in [2.24, 2.45) is 0 Å². The van der Waals surface area contributed by atoms with Gasteiger partial charge in [0.2, 0.25) is 0 Å². The molecule has 1 aromatic heterocycles. The van der Waals surface area contributed by atoms with E-state index in [1.165, 1.54) is 0 Å². The Kier molecular flexibility index (Phi) is 8.54. The van der Waals surface area contributed by atoms with Crippen molar-refractivity contribution in [3.8, 4) is 6.01 Å². The molecule has 5 aliphatic rings. The molecule has 4 aliphatic heterocycles. The lowest BCUT2D eigenvalue weighted by atomic mass is 9.87. The number of halogens is 2. The highest BCUT2D eigenvalue weighted by molar-refractivity contribution is 6.42. The summed E-state index contributed by atoms with van der Waals surface area (Å²) in [5.41, 5.74) is 4.11. The van der Waals surface area contributed by atoms with Gasteiger partial charge in [0.1, 0.15) is 30.0 Å². The Balaban J connectivity index is 1.22. The molecule has 1 aliphatic carbocycles. The van der Waals surface area contributed by atoms with E-state index in [-0.39, 0.29) is 23.2 Å². The molecule has 3 atom stereocenters. The number of rotatable bonds is 7. The quantitative estimate of drug-likeness (QED) is 0.393. The number of aromatic nitrogens is 2. The number of carbonyl (C=O) groups is 1. The van der Waals surface area contributed by atoms with Gasteiger partial charge in [-0.3, -0.25) is 15.1 Å². The van der Waals surface area contributed by atoms with Crippen molar-refractivity contribution in [1.82, 2.24) is 20.2 Å². The van der Waals surface area contributed by atoms with Crippen LogP contribution >= 0.6 is 11.6 Å². The van der Waals surface area contributed by atoms with Crippen LogP contribution in [-0.4, -0.2) is 83.6 Å². The van der Waals surface area contributed by atoms with Gasteiger partial charge >= 0.3 is 6.01 Å². The largest absolute Gasteiger partial charge is 0.461 e. The Hall–Kier alpha value is -3.12. The fraction of sp³-hybridized carbons (Fsp3) is 0.588. The number of nitrogens with one attached hydrogen (secondary N) is 2. The van der Waals surface area contributed by atoms with E-state index in [4.69, 9.17) is 36.5 Å². The van der Waals surface area contributed by atoms with Gasteiger partial charge in [-0.1, -0.05) is 23.7 Å². The van der Waals surface area contributed by atoms with E-state index in [1.54, 1.807) is 6.08 Å². The second-order valence-electron chi connectivity index (χ2n) is 13.9. The molecule has 0 bridgehead atoms. The number of ether oxygens (including phenoxy) is 2. The molecule has 3 saturated heterocycles. The van der Waals surface area contributed by atoms with Crippen molar-refractivity contribution in [1.29, 1.82) is 5.41 Å². The predicted octanol–water partition coefficient (Wildman–Crippen LogP) is 3.20. The van der Waals surface area contributed by atoms with Crippen LogP contribution < -0.4 is 20.3 Å². The third-order valence-electron chi connectivity index (χ3n) is 10.3. The topological polar surface area (TPSA) is 120 Å². The number of carbonyl (C=O) groups excluding carboxylic acids is 1. The van der Waals surface area contributed by atoms with Crippen molar-refractivity contribution in [3.05, 3.63) is 57.4 Å². The average Bonchev–Trinajstić information content (AvgIpc) is 3.60. The lowest BCUT2D eigenvalue weighted by Gasteiger charge is -2.37. The maximum atomic E-state index is 14.5. The van der Waals surface area contributed by atoms with Crippen LogP contribution in [0.2, 0.25) is 5.02 Å². The molecule has 7 rings (SSSR count). The lowest BCUT2D eigenvalue weighted by Crippen LogP contribution is -2.82. The zero-order valence-corrected chi connectivity index (χ0v) is 27.5. The Morgan fingerprint density at radius 1 is 1.28 bits per heavy atom. The zero-order chi connectivity index (χ0) is 32.1. The van der Waals surface area contributed by atoms with E-state index >= 15 is 0 Å². The SMILES string of the molecule is CC(C)NC(=O)C(=N)/C=C1/CN(c2nc(OC[C@@]34CCCN3CC(F)C4)nc3c2CO[C@@]2(CCc4c(Cl)cccc42)C3)CCC[NH2+]1. The highest BCUT2D eigenvalue weighted by Crippen LogP contribution is 2.49. The van der Waals surface area contributed by atoms with Crippen LogP contribution in [0.3, 0.4) is 0 Å². The Morgan fingerprint density at radius 3 is 3.00 bits per heavy atom. The van der Waals surface area contributed by atoms with Crippen LogP contribution in [0.25, 0.3) is 0 Å². The number of fused-ring (bicyclic) bond motifs is 4. The zero-order valence-electron chi connectivity index (χ0n) is 26.7. The van der Waals surface area contributed by atoms with Gasteiger partial charge in [0, 0.05) is 55.1 Å². The number of nitrogens with two attached hydrogens (primary N) is 1. The molecular weight excluding hydrogens is 609 g/mol. The summed E-state index contributed by atoms with van der Waals surface area (Å²) in [6.45, 7) is 7.89. The smallest absolute Gasteiger partial charge is 0.318 e. The first-order valence-corrected chi connectivity index (χ1v) is 17.0. The molecule has 12 heteroatoms. The third-order valence-corrected chi connectivity index (χ3v) is 10.7. The molecule has 10 nitrogen and oxygen atoms in total. The van der Waals surface area contributed by atoms with E-state index in [2.05, 4.69) is 26.5 Å². The molecule has 1 spiro atoms. The highest BCUT2D eigenvalue weighted by Gasteiger charge is 2.50. The summed E-state index contributed by atoms with van der Waals surface area (Å²) in [7, 11) is 0. The Bertz CT molecular complexity index is 1570. The van der Waals surface area contributed by atoms with Crippen molar-refractivity contribution < 1.29 is 24.0 Å². The number of alkyl halides is 1. The number of quaternary nitrogens is 1. The van der Waals surface area contributed by atoms with Gasteiger partial charge in [0.05, 0.1) is 36.5 Å². The Labute approximate surface area is 274 Å². The molecule has 0 radical (unpaired) electrons. The van der Waals surface area contributed by atoms with Crippen molar-refractivity contribution in [2.75, 3.05) is 44.2 Å². The summed E-state index contributed by atoms with van der Waals surface area (Å²) in [5.74, 6) is 0.370. The van der Waals surface area contributed by atoms with Crippen LogP contribution in [0.5, 0.6) is 6.01 Å². The van der Waals surface area contributed by atoms with Crippen LogP contribution in [0, 0.1) is 5.41 Å². The standard InChI is InChI=1S/C34H43ClFN7O3/c1-21(2)39-31(44)28(37)14-23-18-42(12-5-11-38-23)30-25-19-46-34(10-8-24-26(34)6-3-7-27(24)35)16-29(25)40-32(41-30)45-20-33-9-4-13-43(33)17-22(36)15-33/h3,6-7,14,21-22,37-38H,4-5,8-13,15-20H2,1-2H3,(H,39,44)/p+1/b23-14-,37-28?/t22?,33-,34-/m0/s1. The van der Waals surface area contributed by atoms with Crippen LogP contribution in [0.4, 0.5) is 10.2 Å². The normalized spacial score (nSPS) is 28.3. The number of hydrogen-bond acceptors (Lipinski definition) is 8. The number of anilines is 1. The fourth-order valence-corrected chi connectivity index (χ4v) is 8.41. The molecule has 2 aromatic rings. The minimum atomic E-state index is -0.838. The number of benzene rings is 1. The molecule has 1 amide bonds. The molecule has 1 unspecified atom stereocenters. The summed E-state index contributed by atoms with van der Waals surface area (Å²) in [6, 6.07) is 6.30. The summed E-state index contributed by atoms with van der Waals surface area (Å²) in [5, 5.41) is 14.1. The summed E-state index contributed by atoms with van der Waals surface area (Å²) in [4.78, 5) is 27.0. The van der Waals surface area contributed by atoms with Gasteiger partial charge in [-0.15, -0.1) is 0 Å². The van der Waals surface area contributed by atoms with E-state index in [0.29, 0.717) is 45.2 Å². The fourth-order valence-electron chi connectivity index (χ4n) is 8.14. The monoisotopic (exact) mass is 652 g/mol. The van der Waals surface area contributed by atoms with Gasteiger partial charge in [0.25, 0.3) is 5.91 Å². The number of amides is 1. The third kappa shape index (κ3) is 5.91. The van der Waals surface area contributed by atoms with E-state index < -0.39 is 11.8 Å². The lowest BCUT2D eigenvalue weighted by molar-refractivity contribution is -0.604. The van der Waals surface area contributed by atoms with Crippen molar-refractivity contribution in [3.63, 3.8) is 0 Å². The average molecular weight is 653 g/mol. The van der Waals surface area contributed by atoms with Crippen LogP contribution in [0.1, 0.15) is 68.3 Å². The number of hydrogen-bond donors (Lipinski definition) is 3. The molecule has 1 aromatic carbocycles.